The van der Waals surface area contributed by atoms with Gasteiger partial charge in [0.15, 0.2) is 0 Å². The lowest BCUT2D eigenvalue weighted by Gasteiger charge is -2.13. The lowest BCUT2D eigenvalue weighted by atomic mass is 10.1. The minimum absolute atomic E-state index is 0.128. The Hall–Kier alpha value is -3.55. The number of carbonyl (C=O) groups is 3. The molecule has 1 saturated heterocycles. The van der Waals surface area contributed by atoms with Gasteiger partial charge in [-0.3, -0.25) is 14.5 Å². The van der Waals surface area contributed by atoms with Gasteiger partial charge in [-0.15, -0.1) is 0 Å². The van der Waals surface area contributed by atoms with Crippen molar-refractivity contribution >= 4 is 46.6 Å². The predicted octanol–water partition coefficient (Wildman–Crippen LogP) is 5.98. The van der Waals surface area contributed by atoms with Crippen LogP contribution < -0.4 is 9.47 Å². The smallest absolute Gasteiger partial charge is 0.343 e. The Balaban J connectivity index is 1.44. The molecule has 2 amide bonds. The molecule has 6 nitrogen and oxygen atoms in total. The van der Waals surface area contributed by atoms with Crippen LogP contribution in [0.5, 0.6) is 11.5 Å². The van der Waals surface area contributed by atoms with E-state index < -0.39 is 11.9 Å². The average Bonchev–Trinajstić information content (AvgIpc) is 3.08. The molecule has 34 heavy (non-hydrogen) atoms. The minimum Gasteiger partial charge on any atom is -0.492 e. The average molecular weight is 494 g/mol. The lowest BCUT2D eigenvalue weighted by molar-refractivity contribution is -0.123. The van der Waals surface area contributed by atoms with Crippen molar-refractivity contribution in [3.63, 3.8) is 0 Å². The minimum atomic E-state index is -0.557. The van der Waals surface area contributed by atoms with E-state index in [0.29, 0.717) is 21.9 Å². The standard InChI is InChI=1S/C26H20ClNO5S/c1-17-5-4-7-21(15-17)32-14-13-28-24(29)23(34-26(28)31)16-19-6-2-3-8-22(19)33-25(30)18-9-11-20(27)12-10-18/h2-12,15-16H,13-14H2,1H3/b23-16-. The number of esters is 1. The molecule has 3 aromatic rings. The Morgan fingerprint density at radius 1 is 1.03 bits per heavy atom. The zero-order valence-electron chi connectivity index (χ0n) is 18.2. The summed E-state index contributed by atoms with van der Waals surface area (Å²) >= 11 is 6.71. The van der Waals surface area contributed by atoms with Crippen molar-refractivity contribution in [2.45, 2.75) is 6.92 Å². The van der Waals surface area contributed by atoms with Gasteiger partial charge in [0.25, 0.3) is 11.1 Å². The predicted molar refractivity (Wildman–Crippen MR) is 132 cm³/mol. The summed E-state index contributed by atoms with van der Waals surface area (Å²) in [5.41, 5.74) is 1.90. The lowest BCUT2D eigenvalue weighted by Crippen LogP contribution is -2.32. The summed E-state index contributed by atoms with van der Waals surface area (Å²) in [7, 11) is 0. The molecule has 0 radical (unpaired) electrons. The highest BCUT2D eigenvalue weighted by Crippen LogP contribution is 2.34. The quantitative estimate of drug-likeness (QED) is 0.229. The van der Waals surface area contributed by atoms with Gasteiger partial charge in [0.05, 0.1) is 17.0 Å². The number of para-hydroxylation sites is 1. The van der Waals surface area contributed by atoms with Crippen LogP contribution in [0.15, 0.2) is 77.7 Å². The largest absolute Gasteiger partial charge is 0.492 e. The highest BCUT2D eigenvalue weighted by molar-refractivity contribution is 8.18. The number of nitrogens with zero attached hydrogens (tertiary/aromatic N) is 1. The van der Waals surface area contributed by atoms with Crippen molar-refractivity contribution < 1.29 is 23.9 Å². The number of benzene rings is 3. The van der Waals surface area contributed by atoms with E-state index in [1.54, 1.807) is 54.6 Å². The monoisotopic (exact) mass is 493 g/mol. The third-order valence-electron chi connectivity index (χ3n) is 4.93. The first-order valence-electron chi connectivity index (χ1n) is 10.4. The van der Waals surface area contributed by atoms with E-state index in [0.717, 1.165) is 22.2 Å². The number of hydrogen-bond acceptors (Lipinski definition) is 6. The maximum absolute atomic E-state index is 12.8. The van der Waals surface area contributed by atoms with E-state index in [9.17, 15) is 14.4 Å². The van der Waals surface area contributed by atoms with Crippen LogP contribution in [0.2, 0.25) is 5.02 Å². The van der Waals surface area contributed by atoms with Gasteiger partial charge >= 0.3 is 5.97 Å². The fraction of sp³-hybridized carbons (Fsp3) is 0.115. The normalized spacial score (nSPS) is 14.5. The van der Waals surface area contributed by atoms with Gasteiger partial charge in [-0.1, -0.05) is 41.9 Å². The van der Waals surface area contributed by atoms with Crippen LogP contribution in [0.25, 0.3) is 6.08 Å². The number of aryl methyl sites for hydroxylation is 1. The Morgan fingerprint density at radius 3 is 2.56 bits per heavy atom. The number of thioether (sulfide) groups is 1. The molecule has 0 spiro atoms. The fourth-order valence-corrected chi connectivity index (χ4v) is 4.21. The highest BCUT2D eigenvalue weighted by Gasteiger charge is 2.35. The van der Waals surface area contributed by atoms with Gasteiger partial charge in [-0.05, 0) is 72.8 Å². The van der Waals surface area contributed by atoms with Gasteiger partial charge in [0.2, 0.25) is 0 Å². The zero-order chi connectivity index (χ0) is 24.1. The summed E-state index contributed by atoms with van der Waals surface area (Å²) < 4.78 is 11.2. The number of halogens is 1. The van der Waals surface area contributed by atoms with Crippen LogP contribution in [0.1, 0.15) is 21.5 Å². The second-order valence-electron chi connectivity index (χ2n) is 7.43. The molecule has 8 heteroatoms. The molecular weight excluding hydrogens is 474 g/mol. The van der Waals surface area contributed by atoms with Crippen LogP contribution >= 0.6 is 23.4 Å². The van der Waals surface area contributed by atoms with Crippen LogP contribution in [0.4, 0.5) is 4.79 Å². The van der Waals surface area contributed by atoms with Crippen LogP contribution in [-0.4, -0.2) is 35.2 Å². The second kappa shape index (κ2) is 10.6. The van der Waals surface area contributed by atoms with Crippen LogP contribution in [0.3, 0.4) is 0 Å². The molecule has 0 atom stereocenters. The van der Waals surface area contributed by atoms with E-state index in [2.05, 4.69) is 0 Å². The molecule has 1 aliphatic rings. The van der Waals surface area contributed by atoms with Crippen molar-refractivity contribution in [1.29, 1.82) is 0 Å². The first-order chi connectivity index (χ1) is 16.4. The summed E-state index contributed by atoms with van der Waals surface area (Å²) in [6.07, 6.45) is 1.55. The summed E-state index contributed by atoms with van der Waals surface area (Å²) in [6.45, 7) is 2.27. The SMILES string of the molecule is Cc1cccc(OCCN2C(=O)S/C(=C\c3ccccc3OC(=O)c3ccc(Cl)cc3)C2=O)c1. The number of hydrogen-bond donors (Lipinski definition) is 0. The first kappa shape index (κ1) is 23.6. The van der Waals surface area contributed by atoms with Gasteiger partial charge in [0.1, 0.15) is 18.1 Å². The fourth-order valence-electron chi connectivity index (χ4n) is 3.23. The maximum Gasteiger partial charge on any atom is 0.343 e. The summed E-state index contributed by atoms with van der Waals surface area (Å²) in [4.78, 5) is 39.2. The molecule has 1 fully saturated rings. The molecule has 0 N–H and O–H groups in total. The molecule has 172 valence electrons. The van der Waals surface area contributed by atoms with Crippen LogP contribution in [0, 0.1) is 6.92 Å². The molecule has 0 saturated carbocycles. The van der Waals surface area contributed by atoms with Crippen molar-refractivity contribution in [2.75, 3.05) is 13.2 Å². The zero-order valence-corrected chi connectivity index (χ0v) is 19.8. The molecule has 0 aliphatic carbocycles. The third-order valence-corrected chi connectivity index (χ3v) is 6.09. The van der Waals surface area contributed by atoms with E-state index in [1.807, 2.05) is 31.2 Å². The third kappa shape index (κ3) is 5.68. The molecule has 0 unspecified atom stereocenters. The molecular formula is C26H20ClNO5S. The molecule has 1 heterocycles. The Labute approximate surface area is 206 Å². The molecule has 0 bridgehead atoms. The second-order valence-corrected chi connectivity index (χ2v) is 8.86. The van der Waals surface area contributed by atoms with Crippen molar-refractivity contribution in [1.82, 2.24) is 4.90 Å². The highest BCUT2D eigenvalue weighted by atomic mass is 35.5. The summed E-state index contributed by atoms with van der Waals surface area (Å²) in [5, 5.41) is 0.136. The van der Waals surface area contributed by atoms with Gasteiger partial charge in [0, 0.05) is 10.6 Å². The molecule has 4 rings (SSSR count). The number of ether oxygens (including phenoxy) is 2. The van der Waals surface area contributed by atoms with Gasteiger partial charge < -0.3 is 9.47 Å². The molecule has 3 aromatic carbocycles. The molecule has 0 aromatic heterocycles. The van der Waals surface area contributed by atoms with E-state index in [-0.39, 0.29) is 29.0 Å². The van der Waals surface area contributed by atoms with Gasteiger partial charge in [-0.25, -0.2) is 4.79 Å². The van der Waals surface area contributed by atoms with E-state index in [4.69, 9.17) is 21.1 Å². The Morgan fingerprint density at radius 2 is 1.79 bits per heavy atom. The van der Waals surface area contributed by atoms with E-state index >= 15 is 0 Å². The van der Waals surface area contributed by atoms with Crippen LogP contribution in [-0.2, 0) is 4.79 Å². The number of amides is 2. The summed E-state index contributed by atoms with van der Waals surface area (Å²) in [5.74, 6) is -0.0171. The van der Waals surface area contributed by atoms with Crippen molar-refractivity contribution in [3.05, 3.63) is 99.4 Å². The Kier molecular flexibility index (Phi) is 7.35. The number of rotatable bonds is 7. The summed E-state index contributed by atoms with van der Waals surface area (Å²) in [6, 6.07) is 20.7. The molecule has 1 aliphatic heterocycles. The van der Waals surface area contributed by atoms with E-state index in [1.165, 1.54) is 0 Å². The van der Waals surface area contributed by atoms with Crippen molar-refractivity contribution in [3.8, 4) is 11.5 Å². The first-order valence-corrected chi connectivity index (χ1v) is 11.6. The topological polar surface area (TPSA) is 72.9 Å². The number of carbonyl (C=O) groups excluding carboxylic acids is 3. The Bertz CT molecular complexity index is 1270. The van der Waals surface area contributed by atoms with Gasteiger partial charge in [-0.2, -0.15) is 0 Å². The maximum atomic E-state index is 12.8. The number of imide groups is 1. The van der Waals surface area contributed by atoms with Crippen molar-refractivity contribution in [2.24, 2.45) is 0 Å².